The molecule has 0 spiro atoms. The fourth-order valence-corrected chi connectivity index (χ4v) is 2.81. The average molecular weight is 255 g/mol. The molecule has 3 N–H and O–H groups in total. The maximum absolute atomic E-state index is 11.4. The zero-order valence-electron chi connectivity index (χ0n) is 10.6. The average Bonchev–Trinajstić information content (AvgIpc) is 2.82. The zero-order chi connectivity index (χ0) is 12.8. The van der Waals surface area contributed by atoms with Gasteiger partial charge in [-0.05, 0) is 24.9 Å². The first-order valence-electron chi connectivity index (χ1n) is 5.80. The molecule has 0 saturated heterocycles. The van der Waals surface area contributed by atoms with Gasteiger partial charge in [-0.15, -0.1) is 11.3 Å². The Kier molecular flexibility index (Phi) is 5.61. The Morgan fingerprint density at radius 2 is 2.35 bits per heavy atom. The maximum atomic E-state index is 11.4. The number of thiophene rings is 1. The van der Waals surface area contributed by atoms with Crippen LogP contribution in [0.1, 0.15) is 24.3 Å². The highest BCUT2D eigenvalue weighted by atomic mass is 32.1. The molecule has 0 saturated carbocycles. The number of hydrogen-bond acceptors (Lipinski definition) is 4. The van der Waals surface area contributed by atoms with Crippen LogP contribution in [0.4, 0.5) is 0 Å². The predicted octanol–water partition coefficient (Wildman–Crippen LogP) is 1.20. The molecule has 1 aromatic rings. The van der Waals surface area contributed by atoms with Crippen molar-refractivity contribution in [2.24, 2.45) is 5.73 Å². The van der Waals surface area contributed by atoms with Gasteiger partial charge in [0, 0.05) is 18.0 Å². The zero-order valence-corrected chi connectivity index (χ0v) is 11.5. The second-order valence-electron chi connectivity index (χ2n) is 4.12. The number of hydrogen-bond donors (Lipinski definition) is 2. The Bertz CT molecular complexity index is 340. The summed E-state index contributed by atoms with van der Waals surface area (Å²) < 4.78 is 0. The van der Waals surface area contributed by atoms with Crippen molar-refractivity contribution in [3.05, 3.63) is 22.4 Å². The van der Waals surface area contributed by atoms with Crippen LogP contribution < -0.4 is 11.1 Å². The van der Waals surface area contributed by atoms with Gasteiger partial charge < -0.3 is 11.1 Å². The van der Waals surface area contributed by atoms with E-state index in [1.165, 1.54) is 4.88 Å². The quantitative estimate of drug-likeness (QED) is 0.803. The Morgan fingerprint density at radius 3 is 2.82 bits per heavy atom. The molecule has 0 aromatic carbocycles. The third-order valence-electron chi connectivity index (χ3n) is 2.86. The molecule has 17 heavy (non-hydrogen) atoms. The minimum absolute atomic E-state index is 0.0114. The Morgan fingerprint density at radius 1 is 1.65 bits per heavy atom. The van der Waals surface area contributed by atoms with Crippen LogP contribution in [0.25, 0.3) is 0 Å². The summed E-state index contributed by atoms with van der Waals surface area (Å²) in [7, 11) is 3.59. The lowest BCUT2D eigenvalue weighted by Gasteiger charge is -2.31. The lowest BCUT2D eigenvalue weighted by Crippen LogP contribution is -2.42. The van der Waals surface area contributed by atoms with E-state index < -0.39 is 0 Å². The van der Waals surface area contributed by atoms with E-state index in [1.807, 2.05) is 23.4 Å². The summed E-state index contributed by atoms with van der Waals surface area (Å²) in [4.78, 5) is 14.6. The van der Waals surface area contributed by atoms with Crippen molar-refractivity contribution in [1.82, 2.24) is 10.2 Å². The molecule has 0 aliphatic heterocycles. The van der Waals surface area contributed by atoms with Gasteiger partial charge in [0.2, 0.25) is 5.91 Å². The van der Waals surface area contributed by atoms with Gasteiger partial charge in [-0.1, -0.05) is 13.0 Å². The van der Waals surface area contributed by atoms with Crippen LogP contribution in [0.3, 0.4) is 0 Å². The van der Waals surface area contributed by atoms with E-state index in [9.17, 15) is 4.79 Å². The highest BCUT2D eigenvalue weighted by Gasteiger charge is 2.25. The smallest absolute Gasteiger partial charge is 0.233 e. The molecule has 0 fully saturated rings. The van der Waals surface area contributed by atoms with E-state index in [2.05, 4.69) is 18.3 Å². The SMILES string of the molecule is CCC(N)C(c1cccs1)N(C)CC(=O)NC. The van der Waals surface area contributed by atoms with Crippen molar-refractivity contribution in [3.63, 3.8) is 0 Å². The Balaban J connectivity index is 2.80. The molecule has 1 rings (SSSR count). The molecule has 0 aliphatic carbocycles. The molecule has 0 bridgehead atoms. The van der Waals surface area contributed by atoms with Crippen LogP contribution >= 0.6 is 11.3 Å². The summed E-state index contributed by atoms with van der Waals surface area (Å²) in [6.45, 7) is 2.44. The first kappa shape index (κ1) is 14.2. The van der Waals surface area contributed by atoms with Crippen molar-refractivity contribution < 1.29 is 4.79 Å². The normalized spacial score (nSPS) is 14.6. The van der Waals surface area contributed by atoms with Gasteiger partial charge in [0.25, 0.3) is 0 Å². The molecule has 4 nitrogen and oxygen atoms in total. The monoisotopic (exact) mass is 255 g/mol. The van der Waals surface area contributed by atoms with Crippen LogP contribution in [0, 0.1) is 0 Å². The summed E-state index contributed by atoms with van der Waals surface area (Å²) >= 11 is 1.68. The first-order chi connectivity index (χ1) is 8.10. The molecule has 2 atom stereocenters. The van der Waals surface area contributed by atoms with Crippen molar-refractivity contribution in [3.8, 4) is 0 Å². The van der Waals surface area contributed by atoms with Gasteiger partial charge in [0.05, 0.1) is 12.6 Å². The second kappa shape index (κ2) is 6.74. The summed E-state index contributed by atoms with van der Waals surface area (Å²) in [5.41, 5.74) is 6.16. The summed E-state index contributed by atoms with van der Waals surface area (Å²) in [5, 5.41) is 4.68. The molecule has 1 aromatic heterocycles. The fraction of sp³-hybridized carbons (Fsp3) is 0.583. The first-order valence-corrected chi connectivity index (χ1v) is 6.67. The number of nitrogens with zero attached hydrogens (tertiary/aromatic N) is 1. The molecule has 96 valence electrons. The second-order valence-corrected chi connectivity index (χ2v) is 5.10. The van der Waals surface area contributed by atoms with E-state index in [0.717, 1.165) is 6.42 Å². The number of carbonyl (C=O) groups is 1. The van der Waals surface area contributed by atoms with Crippen LogP contribution in [0.5, 0.6) is 0 Å². The van der Waals surface area contributed by atoms with Crippen LogP contribution in [0.15, 0.2) is 17.5 Å². The van der Waals surface area contributed by atoms with E-state index in [4.69, 9.17) is 5.73 Å². The largest absolute Gasteiger partial charge is 0.358 e. The van der Waals surface area contributed by atoms with Crippen LogP contribution in [-0.2, 0) is 4.79 Å². The molecule has 2 unspecified atom stereocenters. The molecule has 1 heterocycles. The lowest BCUT2D eigenvalue weighted by molar-refractivity contribution is -0.122. The topological polar surface area (TPSA) is 58.4 Å². The number of likely N-dealkylation sites (N-methyl/N-ethyl adjacent to an activating group) is 2. The Hall–Kier alpha value is -0.910. The molecular weight excluding hydrogens is 234 g/mol. The maximum Gasteiger partial charge on any atom is 0.233 e. The van der Waals surface area contributed by atoms with Crippen LogP contribution in [-0.4, -0.2) is 37.5 Å². The van der Waals surface area contributed by atoms with Crippen LogP contribution in [0.2, 0.25) is 0 Å². The van der Waals surface area contributed by atoms with Gasteiger partial charge in [0.1, 0.15) is 0 Å². The van der Waals surface area contributed by atoms with Crippen molar-refractivity contribution in [2.45, 2.75) is 25.4 Å². The lowest BCUT2D eigenvalue weighted by atomic mass is 10.0. The number of rotatable bonds is 6. The molecular formula is C12H21N3OS. The molecule has 0 aliphatic rings. The molecule has 5 heteroatoms. The van der Waals surface area contributed by atoms with E-state index in [0.29, 0.717) is 6.54 Å². The van der Waals surface area contributed by atoms with E-state index in [-0.39, 0.29) is 18.0 Å². The number of nitrogens with one attached hydrogen (secondary N) is 1. The van der Waals surface area contributed by atoms with Gasteiger partial charge in [-0.3, -0.25) is 9.69 Å². The summed E-state index contributed by atoms with van der Waals surface area (Å²) in [5.74, 6) is 0.0114. The predicted molar refractivity (Wildman–Crippen MR) is 72.0 cm³/mol. The standard InChI is InChI=1S/C12H21N3OS/c1-4-9(13)12(10-6-5-7-17-10)15(3)8-11(16)14-2/h5-7,9,12H,4,8,13H2,1-3H3,(H,14,16). The minimum Gasteiger partial charge on any atom is -0.358 e. The third-order valence-corrected chi connectivity index (χ3v) is 3.80. The number of amides is 1. The highest BCUT2D eigenvalue weighted by Crippen LogP contribution is 2.27. The van der Waals surface area contributed by atoms with Gasteiger partial charge in [0.15, 0.2) is 0 Å². The van der Waals surface area contributed by atoms with Gasteiger partial charge >= 0.3 is 0 Å². The van der Waals surface area contributed by atoms with Gasteiger partial charge in [-0.25, -0.2) is 0 Å². The fourth-order valence-electron chi connectivity index (χ4n) is 1.84. The minimum atomic E-state index is 0.0114. The van der Waals surface area contributed by atoms with Gasteiger partial charge in [-0.2, -0.15) is 0 Å². The molecule has 1 amide bonds. The third kappa shape index (κ3) is 3.80. The van der Waals surface area contributed by atoms with E-state index in [1.54, 1.807) is 18.4 Å². The number of carbonyl (C=O) groups excluding carboxylic acids is 1. The van der Waals surface area contributed by atoms with Crippen molar-refractivity contribution >= 4 is 17.2 Å². The van der Waals surface area contributed by atoms with Crippen molar-refractivity contribution in [2.75, 3.05) is 20.6 Å². The van der Waals surface area contributed by atoms with E-state index >= 15 is 0 Å². The Labute approximate surface area is 107 Å². The summed E-state index contributed by atoms with van der Waals surface area (Å²) in [6, 6.07) is 4.24. The summed E-state index contributed by atoms with van der Waals surface area (Å²) in [6.07, 6.45) is 0.890. The highest BCUT2D eigenvalue weighted by molar-refractivity contribution is 7.10. The molecule has 0 radical (unpaired) electrons. The van der Waals surface area contributed by atoms with Crippen molar-refractivity contribution in [1.29, 1.82) is 0 Å². The number of nitrogens with two attached hydrogens (primary N) is 1.